The molecule has 0 aliphatic heterocycles. The number of rotatable bonds is 17. The van der Waals surface area contributed by atoms with E-state index in [1.807, 2.05) is 25.1 Å². The van der Waals surface area contributed by atoms with Gasteiger partial charge in [0.15, 0.2) is 0 Å². The maximum Gasteiger partial charge on any atom is 0.0917 e. The molecule has 3 heteroatoms. The molecule has 1 aromatic rings. The number of hydrogen-bond acceptors (Lipinski definition) is 2. The number of aryl methyl sites for hydroxylation is 1. The first kappa shape index (κ1) is 25.5. The average Bonchev–Trinajstić information content (AvgIpc) is 2.68. The summed E-state index contributed by atoms with van der Waals surface area (Å²) in [4.78, 5) is 2.47. The lowest BCUT2D eigenvalue weighted by molar-refractivity contribution is 0.110. The molecule has 0 aromatic heterocycles. The summed E-state index contributed by atoms with van der Waals surface area (Å²) < 4.78 is 0. The molecule has 0 amide bonds. The normalized spacial score (nSPS) is 12.6. The minimum atomic E-state index is -0.460. The molecule has 1 aromatic carbocycles. The van der Waals surface area contributed by atoms with Crippen LogP contribution in [0.3, 0.4) is 0 Å². The van der Waals surface area contributed by atoms with Crippen LogP contribution in [-0.2, 0) is 0 Å². The molecule has 2 nitrogen and oxygen atoms in total. The lowest BCUT2D eigenvalue weighted by Gasteiger charge is -2.25. The predicted octanol–water partition coefficient (Wildman–Crippen LogP) is 7.70. The number of aliphatic hydroxyl groups excluding tert-OH is 1. The largest absolute Gasteiger partial charge is 0.387 e. The molecular formula is C25H44ClNO. The SMILES string of the molecule is CCCCCCCCN(CCCCCCCC)CC(O)c1ccc(C)c(Cl)c1. The summed E-state index contributed by atoms with van der Waals surface area (Å²) in [5.41, 5.74) is 2.00. The van der Waals surface area contributed by atoms with E-state index < -0.39 is 6.10 Å². The van der Waals surface area contributed by atoms with Gasteiger partial charge in [0.25, 0.3) is 0 Å². The number of unbranched alkanes of at least 4 members (excludes halogenated alkanes) is 10. The van der Waals surface area contributed by atoms with E-state index in [2.05, 4.69) is 18.7 Å². The third-order valence-electron chi connectivity index (χ3n) is 5.67. The Labute approximate surface area is 179 Å². The van der Waals surface area contributed by atoms with Crippen molar-refractivity contribution in [2.75, 3.05) is 19.6 Å². The summed E-state index contributed by atoms with van der Waals surface area (Å²) in [6.45, 7) is 9.43. The van der Waals surface area contributed by atoms with Gasteiger partial charge in [0.2, 0.25) is 0 Å². The first-order valence-corrected chi connectivity index (χ1v) is 12.1. The highest BCUT2D eigenvalue weighted by Crippen LogP contribution is 2.22. The van der Waals surface area contributed by atoms with Crippen molar-refractivity contribution in [3.05, 3.63) is 34.3 Å². The van der Waals surface area contributed by atoms with Gasteiger partial charge in [-0.25, -0.2) is 0 Å². The van der Waals surface area contributed by atoms with Crippen LogP contribution >= 0.6 is 11.6 Å². The van der Waals surface area contributed by atoms with Crippen LogP contribution in [0.1, 0.15) is 108 Å². The zero-order chi connectivity index (χ0) is 20.6. The lowest BCUT2D eigenvalue weighted by atomic mass is 10.1. The first-order valence-electron chi connectivity index (χ1n) is 11.7. The van der Waals surface area contributed by atoms with Gasteiger partial charge in [-0.2, -0.15) is 0 Å². The molecule has 28 heavy (non-hydrogen) atoms. The molecule has 0 spiro atoms. The van der Waals surface area contributed by atoms with Gasteiger partial charge in [0.1, 0.15) is 0 Å². The van der Waals surface area contributed by atoms with Crippen LogP contribution in [0.15, 0.2) is 18.2 Å². The Kier molecular flexibility index (Phi) is 14.8. The second-order valence-electron chi connectivity index (χ2n) is 8.36. The van der Waals surface area contributed by atoms with Crippen molar-refractivity contribution in [1.82, 2.24) is 4.90 Å². The third-order valence-corrected chi connectivity index (χ3v) is 6.07. The molecule has 0 aliphatic carbocycles. The van der Waals surface area contributed by atoms with Crippen molar-refractivity contribution < 1.29 is 5.11 Å². The van der Waals surface area contributed by atoms with E-state index in [1.54, 1.807) is 0 Å². The van der Waals surface area contributed by atoms with E-state index in [9.17, 15) is 5.11 Å². The van der Waals surface area contributed by atoms with E-state index in [4.69, 9.17) is 11.6 Å². The Morgan fingerprint density at radius 2 is 1.32 bits per heavy atom. The van der Waals surface area contributed by atoms with Gasteiger partial charge in [-0.3, -0.25) is 0 Å². The van der Waals surface area contributed by atoms with Crippen LogP contribution in [0.25, 0.3) is 0 Å². The van der Waals surface area contributed by atoms with Gasteiger partial charge in [0.05, 0.1) is 6.10 Å². The highest BCUT2D eigenvalue weighted by Gasteiger charge is 2.14. The van der Waals surface area contributed by atoms with Gasteiger partial charge in [-0.05, 0) is 50.0 Å². The van der Waals surface area contributed by atoms with Crippen LogP contribution in [0.5, 0.6) is 0 Å². The Morgan fingerprint density at radius 1 is 0.821 bits per heavy atom. The maximum absolute atomic E-state index is 10.8. The molecule has 0 bridgehead atoms. The first-order chi connectivity index (χ1) is 13.6. The molecule has 0 fully saturated rings. The lowest BCUT2D eigenvalue weighted by Crippen LogP contribution is -2.31. The fraction of sp³-hybridized carbons (Fsp3) is 0.760. The number of aliphatic hydroxyl groups is 1. The zero-order valence-corrected chi connectivity index (χ0v) is 19.4. The van der Waals surface area contributed by atoms with E-state index in [1.165, 1.54) is 77.0 Å². The summed E-state index contributed by atoms with van der Waals surface area (Å²) in [5.74, 6) is 0. The van der Waals surface area contributed by atoms with E-state index in [0.29, 0.717) is 6.54 Å². The Balaban J connectivity index is 2.46. The van der Waals surface area contributed by atoms with Gasteiger partial charge >= 0.3 is 0 Å². The van der Waals surface area contributed by atoms with Crippen LogP contribution in [0.4, 0.5) is 0 Å². The number of hydrogen-bond donors (Lipinski definition) is 1. The fourth-order valence-corrected chi connectivity index (χ4v) is 3.88. The maximum atomic E-state index is 10.8. The number of nitrogens with zero attached hydrogens (tertiary/aromatic N) is 1. The molecule has 0 aliphatic rings. The van der Waals surface area contributed by atoms with Gasteiger partial charge in [0, 0.05) is 11.6 Å². The summed E-state index contributed by atoms with van der Waals surface area (Å²) >= 11 is 6.26. The van der Waals surface area contributed by atoms with Gasteiger partial charge in [-0.15, -0.1) is 0 Å². The minimum absolute atomic E-state index is 0.460. The highest BCUT2D eigenvalue weighted by molar-refractivity contribution is 6.31. The Bertz CT molecular complexity index is 489. The summed E-state index contributed by atoms with van der Waals surface area (Å²) in [6.07, 6.45) is 15.3. The Hall–Kier alpha value is -0.570. The van der Waals surface area contributed by atoms with Crippen molar-refractivity contribution in [2.24, 2.45) is 0 Å². The topological polar surface area (TPSA) is 23.5 Å². The van der Waals surface area contributed by atoms with E-state index >= 15 is 0 Å². The molecule has 1 atom stereocenters. The van der Waals surface area contributed by atoms with Crippen molar-refractivity contribution >= 4 is 11.6 Å². The zero-order valence-electron chi connectivity index (χ0n) is 18.7. The molecule has 162 valence electrons. The second-order valence-corrected chi connectivity index (χ2v) is 8.77. The third kappa shape index (κ3) is 11.4. The van der Waals surface area contributed by atoms with E-state index in [-0.39, 0.29) is 0 Å². The molecular weight excluding hydrogens is 366 g/mol. The highest BCUT2D eigenvalue weighted by atomic mass is 35.5. The summed E-state index contributed by atoms with van der Waals surface area (Å²) in [6, 6.07) is 5.95. The van der Waals surface area contributed by atoms with Crippen molar-refractivity contribution in [3.8, 4) is 0 Å². The average molecular weight is 410 g/mol. The molecule has 0 heterocycles. The molecule has 1 unspecified atom stereocenters. The van der Waals surface area contributed by atoms with Gasteiger partial charge < -0.3 is 10.0 Å². The quantitative estimate of drug-likeness (QED) is 0.266. The summed E-state index contributed by atoms with van der Waals surface area (Å²) in [7, 11) is 0. The monoisotopic (exact) mass is 409 g/mol. The van der Waals surface area contributed by atoms with Crippen molar-refractivity contribution in [2.45, 2.75) is 104 Å². The standard InChI is InChI=1S/C25H44ClNO/c1-4-6-8-10-12-14-18-27(19-15-13-11-9-7-5-2)21-25(28)23-17-16-22(3)24(26)20-23/h16-17,20,25,28H,4-15,18-19,21H2,1-3H3. The molecule has 1 rings (SSSR count). The molecule has 0 radical (unpaired) electrons. The van der Waals surface area contributed by atoms with Crippen LogP contribution < -0.4 is 0 Å². The number of halogens is 1. The second kappa shape index (κ2) is 16.3. The summed E-state index contributed by atoms with van der Waals surface area (Å²) in [5, 5.41) is 11.5. The fourth-order valence-electron chi connectivity index (χ4n) is 3.69. The molecule has 1 N–H and O–H groups in total. The van der Waals surface area contributed by atoms with Crippen molar-refractivity contribution in [1.29, 1.82) is 0 Å². The molecule has 0 saturated heterocycles. The van der Waals surface area contributed by atoms with Crippen LogP contribution in [-0.4, -0.2) is 29.6 Å². The van der Waals surface area contributed by atoms with Crippen LogP contribution in [0.2, 0.25) is 5.02 Å². The molecule has 0 saturated carbocycles. The Morgan fingerprint density at radius 3 is 1.82 bits per heavy atom. The van der Waals surface area contributed by atoms with Crippen molar-refractivity contribution in [3.63, 3.8) is 0 Å². The smallest absolute Gasteiger partial charge is 0.0917 e. The number of benzene rings is 1. The van der Waals surface area contributed by atoms with Crippen LogP contribution in [0, 0.1) is 6.92 Å². The van der Waals surface area contributed by atoms with Gasteiger partial charge in [-0.1, -0.05) is 102 Å². The predicted molar refractivity (Wildman–Crippen MR) is 124 cm³/mol. The minimum Gasteiger partial charge on any atom is -0.387 e. The van der Waals surface area contributed by atoms with E-state index in [0.717, 1.165) is 29.2 Å².